The van der Waals surface area contributed by atoms with E-state index in [4.69, 9.17) is 25.0 Å². The van der Waals surface area contributed by atoms with Crippen LogP contribution in [0, 0.1) is 5.41 Å². The lowest BCUT2D eigenvalue weighted by atomic mass is 9.65. The third kappa shape index (κ3) is 8.23. The van der Waals surface area contributed by atoms with Crippen molar-refractivity contribution in [3.63, 3.8) is 0 Å². The Morgan fingerprint density at radius 1 is 0.978 bits per heavy atom. The van der Waals surface area contributed by atoms with Gasteiger partial charge in [0.05, 0.1) is 12.7 Å². The molecule has 250 valence electrons. The molecule has 8 nitrogen and oxygen atoms in total. The van der Waals surface area contributed by atoms with Crippen molar-refractivity contribution in [3.05, 3.63) is 76.9 Å². The maximum absolute atomic E-state index is 14.6. The van der Waals surface area contributed by atoms with Crippen LogP contribution in [0.5, 0.6) is 5.75 Å². The van der Waals surface area contributed by atoms with Crippen LogP contribution in [0.4, 0.5) is 18.0 Å². The van der Waals surface area contributed by atoms with Gasteiger partial charge in [0, 0.05) is 0 Å². The van der Waals surface area contributed by atoms with Gasteiger partial charge in [-0.05, 0) is 103 Å². The van der Waals surface area contributed by atoms with Crippen LogP contribution in [0.25, 0.3) is 10.8 Å². The number of fused-ring (bicyclic) bond motifs is 1. The van der Waals surface area contributed by atoms with E-state index in [2.05, 4.69) is 4.52 Å². The van der Waals surface area contributed by atoms with Gasteiger partial charge in [-0.25, -0.2) is 9.36 Å². The zero-order valence-corrected chi connectivity index (χ0v) is 26.7. The Hall–Kier alpha value is -3.11. The number of carbonyl (C=O) groups is 1. The first-order chi connectivity index (χ1) is 21.7. The second kappa shape index (κ2) is 13.6. The SMILES string of the molecule is C[C@](CCc1ccccc1COP(=O)(O)O)(OC(N)=O)c1ccc2c(C(F)(F)F)c(OC3CCC4(CCCCC4)CC3)ccc2c1. The molecule has 3 aromatic rings. The highest BCUT2D eigenvalue weighted by Gasteiger charge is 2.40. The largest absolute Gasteiger partial charge is 0.490 e. The molecule has 12 heteroatoms. The van der Waals surface area contributed by atoms with Crippen LogP contribution in [0.3, 0.4) is 0 Å². The van der Waals surface area contributed by atoms with E-state index in [9.17, 15) is 22.5 Å². The number of halogens is 3. The average Bonchev–Trinajstić information content (AvgIpc) is 2.99. The first-order valence-electron chi connectivity index (χ1n) is 15.7. The van der Waals surface area contributed by atoms with E-state index >= 15 is 0 Å². The molecule has 0 radical (unpaired) electrons. The Kier molecular flexibility index (Phi) is 10.1. The molecule has 4 N–H and O–H groups in total. The third-order valence-electron chi connectivity index (χ3n) is 9.78. The smallest absolute Gasteiger partial charge is 0.469 e. The maximum atomic E-state index is 14.6. The molecule has 0 aromatic heterocycles. The molecule has 1 spiro atoms. The summed E-state index contributed by atoms with van der Waals surface area (Å²) >= 11 is 0. The van der Waals surface area contributed by atoms with Gasteiger partial charge in [0.2, 0.25) is 0 Å². The van der Waals surface area contributed by atoms with Crippen LogP contribution in [-0.2, 0) is 38.6 Å². The lowest BCUT2D eigenvalue weighted by Gasteiger charge is -2.43. The molecular weight excluding hydrogens is 622 g/mol. The molecule has 2 aliphatic carbocycles. The summed E-state index contributed by atoms with van der Waals surface area (Å²) in [6, 6.07) is 14.3. The first kappa shape index (κ1) is 34.2. The predicted octanol–water partition coefficient (Wildman–Crippen LogP) is 8.68. The van der Waals surface area contributed by atoms with Gasteiger partial charge in [0.25, 0.3) is 0 Å². The number of aryl methyl sites for hydroxylation is 1. The monoisotopic (exact) mass is 663 g/mol. The molecule has 0 unspecified atom stereocenters. The van der Waals surface area contributed by atoms with Gasteiger partial charge in [-0.3, -0.25) is 4.52 Å². The zero-order chi connectivity index (χ0) is 33.2. The van der Waals surface area contributed by atoms with Gasteiger partial charge in [0.15, 0.2) is 0 Å². The number of hydrogen-bond acceptors (Lipinski definition) is 5. The number of alkyl halides is 3. The van der Waals surface area contributed by atoms with Crippen molar-refractivity contribution in [1.82, 2.24) is 0 Å². The van der Waals surface area contributed by atoms with E-state index in [0.717, 1.165) is 25.7 Å². The van der Waals surface area contributed by atoms with E-state index in [1.54, 1.807) is 43.3 Å². The highest BCUT2D eigenvalue weighted by atomic mass is 31.2. The fraction of sp³-hybridized carbons (Fsp3) is 0.500. The number of ether oxygens (including phenoxy) is 2. The minimum atomic E-state index is -4.71. The van der Waals surface area contributed by atoms with E-state index in [0.29, 0.717) is 27.5 Å². The number of nitrogens with two attached hydrogens (primary N) is 1. The number of rotatable bonds is 10. The maximum Gasteiger partial charge on any atom is 0.469 e. The van der Waals surface area contributed by atoms with Gasteiger partial charge in [-0.1, -0.05) is 61.7 Å². The number of primary amides is 1. The van der Waals surface area contributed by atoms with Gasteiger partial charge in [-0.15, -0.1) is 0 Å². The second-order valence-electron chi connectivity index (χ2n) is 12.9. The minimum absolute atomic E-state index is 0.0188. The average molecular weight is 664 g/mol. The quantitative estimate of drug-likeness (QED) is 0.185. The fourth-order valence-electron chi connectivity index (χ4n) is 7.28. The lowest BCUT2D eigenvalue weighted by molar-refractivity contribution is -0.138. The number of carbonyl (C=O) groups excluding carboxylic acids is 1. The van der Waals surface area contributed by atoms with Crippen LogP contribution in [-0.4, -0.2) is 22.0 Å². The zero-order valence-electron chi connectivity index (χ0n) is 25.9. The standard InChI is InChI=1S/C34H41F3NO7P/c1-32(45-31(38)39,18-13-23-7-3-4-8-25(23)22-43-46(40,41)42)26-10-11-28-24(21-26)9-12-29(30(28)34(35,36)37)44-27-14-19-33(20-15-27)16-5-2-6-17-33/h3-4,7-12,21,27H,2,5-6,13-20,22H2,1H3,(H2,38,39)(H2,40,41,42)/t32-/m1/s1. The molecule has 1 amide bonds. The Balaban J connectivity index is 1.40. The molecule has 5 rings (SSSR count). The molecule has 2 saturated carbocycles. The van der Waals surface area contributed by atoms with Crippen LogP contribution in [0.1, 0.15) is 93.4 Å². The van der Waals surface area contributed by atoms with Crippen LogP contribution in [0.15, 0.2) is 54.6 Å². The van der Waals surface area contributed by atoms with Crippen molar-refractivity contribution < 1.29 is 46.3 Å². The first-order valence-corrected chi connectivity index (χ1v) is 17.3. The summed E-state index contributed by atoms with van der Waals surface area (Å²) in [6.07, 6.45) is 4.01. The highest BCUT2D eigenvalue weighted by molar-refractivity contribution is 7.46. The van der Waals surface area contributed by atoms with Gasteiger partial charge in [-0.2, -0.15) is 13.2 Å². The van der Waals surface area contributed by atoms with Crippen molar-refractivity contribution in [2.45, 2.75) is 102 Å². The van der Waals surface area contributed by atoms with Crippen molar-refractivity contribution in [3.8, 4) is 5.75 Å². The summed E-state index contributed by atoms with van der Waals surface area (Å²) in [5.41, 5.74) is 5.25. The Morgan fingerprint density at radius 2 is 1.65 bits per heavy atom. The molecule has 0 aliphatic heterocycles. The van der Waals surface area contributed by atoms with Crippen molar-refractivity contribution in [1.29, 1.82) is 0 Å². The summed E-state index contributed by atoms with van der Waals surface area (Å²) in [4.78, 5) is 30.2. The van der Waals surface area contributed by atoms with Crippen LogP contribution >= 0.6 is 7.82 Å². The van der Waals surface area contributed by atoms with Gasteiger partial charge >= 0.3 is 20.1 Å². The minimum Gasteiger partial charge on any atom is -0.490 e. The number of hydrogen-bond donors (Lipinski definition) is 3. The number of phosphoric ester groups is 1. The summed E-state index contributed by atoms with van der Waals surface area (Å²) in [5.74, 6) is -0.178. The topological polar surface area (TPSA) is 128 Å². The molecule has 1 atom stereocenters. The molecule has 0 heterocycles. The molecule has 2 fully saturated rings. The Labute approximate surface area is 266 Å². The van der Waals surface area contributed by atoms with E-state index < -0.39 is 31.3 Å². The summed E-state index contributed by atoms with van der Waals surface area (Å²) in [6.45, 7) is 1.29. The second-order valence-corrected chi connectivity index (χ2v) is 14.2. The van der Waals surface area contributed by atoms with Gasteiger partial charge < -0.3 is 25.0 Å². The predicted molar refractivity (Wildman–Crippen MR) is 167 cm³/mol. The summed E-state index contributed by atoms with van der Waals surface area (Å²) < 4.78 is 71.3. The van der Waals surface area contributed by atoms with E-state index in [1.165, 1.54) is 50.3 Å². The Morgan fingerprint density at radius 3 is 2.28 bits per heavy atom. The molecule has 2 aliphatic rings. The fourth-order valence-corrected chi connectivity index (χ4v) is 7.58. The van der Waals surface area contributed by atoms with Crippen LogP contribution < -0.4 is 10.5 Å². The molecule has 46 heavy (non-hydrogen) atoms. The molecular formula is C34H41F3NO7P. The number of phosphoric acid groups is 1. The molecule has 0 saturated heterocycles. The highest BCUT2D eigenvalue weighted by Crippen LogP contribution is 2.49. The normalized spacial score (nSPS) is 18.7. The number of benzene rings is 3. The molecule has 3 aromatic carbocycles. The Bertz CT molecular complexity index is 1590. The van der Waals surface area contributed by atoms with Crippen molar-refractivity contribution >= 4 is 24.7 Å². The molecule has 0 bridgehead atoms. The summed E-state index contributed by atoms with van der Waals surface area (Å²) in [5, 5.41) is 0.284. The summed E-state index contributed by atoms with van der Waals surface area (Å²) in [7, 11) is -4.71. The lowest BCUT2D eigenvalue weighted by Crippen LogP contribution is -2.34. The van der Waals surface area contributed by atoms with Gasteiger partial charge in [0.1, 0.15) is 16.9 Å². The van der Waals surface area contributed by atoms with Crippen LogP contribution in [0.2, 0.25) is 0 Å². The van der Waals surface area contributed by atoms with E-state index in [1.807, 2.05) is 0 Å². The van der Waals surface area contributed by atoms with Crippen molar-refractivity contribution in [2.75, 3.05) is 0 Å². The number of amides is 1. The van der Waals surface area contributed by atoms with E-state index in [-0.39, 0.29) is 36.7 Å². The third-order valence-corrected chi connectivity index (χ3v) is 10.2. The van der Waals surface area contributed by atoms with Crippen molar-refractivity contribution in [2.24, 2.45) is 11.1 Å².